The molecule has 1 saturated heterocycles. The lowest BCUT2D eigenvalue weighted by Crippen LogP contribution is -2.31. The molecule has 0 amide bonds. The number of nitrogens with two attached hydrogens (primary N) is 2. The van der Waals surface area contributed by atoms with Crippen LogP contribution >= 0.6 is 0 Å². The summed E-state index contributed by atoms with van der Waals surface area (Å²) in [5.74, 6) is -1.91. The number of esters is 1. The van der Waals surface area contributed by atoms with Crippen LogP contribution in [0.15, 0.2) is 82.6 Å². The molecular weight excluding hydrogens is 540 g/mol. The average molecular weight is 571 g/mol. The lowest BCUT2D eigenvalue weighted by molar-refractivity contribution is -0.152. The van der Waals surface area contributed by atoms with Gasteiger partial charge in [0.15, 0.2) is 0 Å². The third-order valence-corrected chi connectivity index (χ3v) is 9.38. The number of benzene rings is 3. The molecule has 39 heavy (non-hydrogen) atoms. The van der Waals surface area contributed by atoms with Gasteiger partial charge in [-0.2, -0.15) is 4.31 Å². The van der Waals surface area contributed by atoms with Crippen LogP contribution in [0.3, 0.4) is 0 Å². The van der Waals surface area contributed by atoms with Crippen molar-refractivity contribution in [2.45, 2.75) is 35.7 Å². The number of hydrogen-bond donors (Lipinski definition) is 3. The van der Waals surface area contributed by atoms with Gasteiger partial charge in [0.05, 0.1) is 21.8 Å². The quantitative estimate of drug-likeness (QED) is 0.212. The van der Waals surface area contributed by atoms with Crippen molar-refractivity contribution in [1.82, 2.24) is 4.31 Å². The molecule has 0 unspecified atom stereocenters. The van der Waals surface area contributed by atoms with Crippen molar-refractivity contribution < 1.29 is 26.4 Å². The maximum atomic E-state index is 13.7. The summed E-state index contributed by atoms with van der Waals surface area (Å²) >= 11 is 0. The lowest BCUT2D eigenvalue weighted by Gasteiger charge is -2.19. The summed E-state index contributed by atoms with van der Waals surface area (Å²) in [6, 6.07) is 18.9. The van der Waals surface area contributed by atoms with Crippen molar-refractivity contribution in [2.24, 2.45) is 16.8 Å². The number of primary sulfonamides is 1. The summed E-state index contributed by atoms with van der Waals surface area (Å²) in [4.78, 5) is 12.9. The van der Waals surface area contributed by atoms with E-state index in [1.165, 1.54) is 34.6 Å². The maximum absolute atomic E-state index is 13.7. The molecule has 0 aromatic heterocycles. The molecule has 0 spiro atoms. The van der Waals surface area contributed by atoms with Gasteiger partial charge in [0.1, 0.15) is 5.84 Å². The molecule has 0 radical (unpaired) electrons. The minimum absolute atomic E-state index is 0.00606. The van der Waals surface area contributed by atoms with E-state index >= 15 is 0 Å². The van der Waals surface area contributed by atoms with E-state index in [-0.39, 0.29) is 34.8 Å². The van der Waals surface area contributed by atoms with Gasteiger partial charge in [0, 0.05) is 30.1 Å². The number of hydrogen-bond acceptors (Lipinski definition) is 7. The Hall–Kier alpha value is -3.58. The van der Waals surface area contributed by atoms with Gasteiger partial charge in [-0.15, -0.1) is 0 Å². The van der Waals surface area contributed by atoms with Crippen LogP contribution in [0.2, 0.25) is 0 Å². The normalized spacial score (nSPS) is 18.3. The van der Waals surface area contributed by atoms with Gasteiger partial charge in [-0.05, 0) is 49.2 Å². The largest absolute Gasteiger partial charge is 0.463 e. The number of amidine groups is 1. The fraction of sp³-hybridized carbons (Fsp3) is 0.259. The van der Waals surface area contributed by atoms with Crippen LogP contribution in [0.25, 0.3) is 11.1 Å². The Kier molecular flexibility index (Phi) is 7.94. The van der Waals surface area contributed by atoms with E-state index in [4.69, 9.17) is 21.0 Å². The highest BCUT2D eigenvalue weighted by atomic mass is 32.2. The highest BCUT2D eigenvalue weighted by Gasteiger charge is 2.44. The fourth-order valence-electron chi connectivity index (χ4n) is 4.71. The number of nitrogen functional groups attached to an aromatic ring is 1. The van der Waals surface area contributed by atoms with Crippen molar-refractivity contribution in [3.8, 4) is 11.1 Å². The first-order chi connectivity index (χ1) is 18.3. The molecule has 3 aromatic rings. The van der Waals surface area contributed by atoms with Crippen LogP contribution in [-0.2, 0) is 29.6 Å². The molecule has 0 bridgehead atoms. The maximum Gasteiger partial charge on any atom is 0.311 e. The first kappa shape index (κ1) is 28.4. The second kappa shape index (κ2) is 10.9. The van der Waals surface area contributed by atoms with Gasteiger partial charge < -0.3 is 10.5 Å². The number of nitrogens with one attached hydrogen (secondary N) is 1. The van der Waals surface area contributed by atoms with Crippen molar-refractivity contribution in [3.05, 3.63) is 83.9 Å². The molecule has 206 valence electrons. The molecule has 3 aromatic carbocycles. The Morgan fingerprint density at radius 2 is 1.64 bits per heavy atom. The minimum Gasteiger partial charge on any atom is -0.463 e. The molecule has 1 aliphatic heterocycles. The van der Waals surface area contributed by atoms with Crippen LogP contribution in [0.5, 0.6) is 0 Å². The Morgan fingerprint density at radius 1 is 0.974 bits per heavy atom. The zero-order valence-corrected chi connectivity index (χ0v) is 23.1. The zero-order chi connectivity index (χ0) is 28.5. The summed E-state index contributed by atoms with van der Waals surface area (Å²) < 4.78 is 58.0. The summed E-state index contributed by atoms with van der Waals surface area (Å²) in [5, 5.41) is 13.1. The van der Waals surface area contributed by atoms with Crippen LogP contribution in [0.1, 0.15) is 30.9 Å². The molecule has 0 aliphatic carbocycles. The Labute approximate surface area is 228 Å². The van der Waals surface area contributed by atoms with Crippen molar-refractivity contribution in [3.63, 3.8) is 0 Å². The number of sulfonamides is 2. The topological polar surface area (TPSA) is 174 Å². The molecule has 1 aliphatic rings. The SMILES string of the molecule is CC(C)OC(=O)[C@H]1CN(S(=O)(=O)c2ccc(-c3ccccc3S(N)(=O)=O)cc2)C[C@@H]1c1cccc(C(=N)N)c1. The van der Waals surface area contributed by atoms with E-state index in [0.29, 0.717) is 22.3 Å². The molecule has 0 saturated carbocycles. The van der Waals surface area contributed by atoms with Gasteiger partial charge in [-0.25, -0.2) is 22.0 Å². The highest BCUT2D eigenvalue weighted by Crippen LogP contribution is 2.37. The van der Waals surface area contributed by atoms with Gasteiger partial charge in [-0.1, -0.05) is 48.5 Å². The van der Waals surface area contributed by atoms with Crippen LogP contribution in [-0.4, -0.2) is 52.1 Å². The van der Waals surface area contributed by atoms with E-state index in [1.807, 2.05) is 0 Å². The van der Waals surface area contributed by atoms with E-state index in [2.05, 4.69) is 0 Å². The molecule has 1 fully saturated rings. The standard InChI is InChI=1S/C27H30N4O6S2/c1-17(2)37-27(32)24-16-31(15-23(24)19-6-5-7-20(14-19)26(28)29)39(35,36)21-12-10-18(11-13-21)22-8-3-4-9-25(22)38(30,33)34/h3-14,17,23-24H,15-16H2,1-2H3,(H3,28,29)(H2,30,33,34)/t23-,24+/m1/s1. The molecule has 12 heteroatoms. The molecule has 10 nitrogen and oxygen atoms in total. The summed E-state index contributed by atoms with van der Waals surface area (Å²) in [7, 11) is -8.01. The summed E-state index contributed by atoms with van der Waals surface area (Å²) in [5.41, 5.74) is 7.64. The first-order valence-electron chi connectivity index (χ1n) is 12.2. The predicted octanol–water partition coefficient (Wildman–Crippen LogP) is 2.64. The smallest absolute Gasteiger partial charge is 0.311 e. The van der Waals surface area contributed by atoms with Crippen LogP contribution < -0.4 is 10.9 Å². The van der Waals surface area contributed by atoms with E-state index < -0.39 is 37.9 Å². The summed E-state index contributed by atoms with van der Waals surface area (Å²) in [6.45, 7) is 3.39. The number of carbonyl (C=O) groups is 1. The molecule has 1 heterocycles. The minimum atomic E-state index is -4.02. The van der Waals surface area contributed by atoms with Crippen LogP contribution in [0.4, 0.5) is 0 Å². The summed E-state index contributed by atoms with van der Waals surface area (Å²) in [6.07, 6.45) is -0.375. The lowest BCUT2D eigenvalue weighted by atomic mass is 9.88. The average Bonchev–Trinajstić information content (AvgIpc) is 3.35. The Bertz CT molecular complexity index is 1620. The molecule has 4 rings (SSSR count). The van der Waals surface area contributed by atoms with Gasteiger partial charge in [-0.3, -0.25) is 10.2 Å². The number of nitrogens with zero attached hydrogens (tertiary/aromatic N) is 1. The van der Waals surface area contributed by atoms with Crippen molar-refractivity contribution in [1.29, 1.82) is 5.41 Å². The van der Waals surface area contributed by atoms with Gasteiger partial charge in [0.25, 0.3) is 0 Å². The van der Waals surface area contributed by atoms with Crippen molar-refractivity contribution in [2.75, 3.05) is 13.1 Å². The second-order valence-electron chi connectivity index (χ2n) is 9.63. The highest BCUT2D eigenvalue weighted by molar-refractivity contribution is 7.89. The number of ether oxygens (including phenoxy) is 1. The fourth-order valence-corrected chi connectivity index (χ4v) is 6.96. The van der Waals surface area contributed by atoms with E-state index in [9.17, 15) is 21.6 Å². The molecular formula is C27H30N4O6S2. The Morgan fingerprint density at radius 3 is 2.26 bits per heavy atom. The monoisotopic (exact) mass is 570 g/mol. The van der Waals surface area contributed by atoms with E-state index in [1.54, 1.807) is 56.3 Å². The first-order valence-corrected chi connectivity index (χ1v) is 15.1. The third kappa shape index (κ3) is 6.04. The van der Waals surface area contributed by atoms with Crippen molar-refractivity contribution >= 4 is 31.9 Å². The van der Waals surface area contributed by atoms with Gasteiger partial charge in [0.2, 0.25) is 20.0 Å². The number of carbonyl (C=O) groups excluding carboxylic acids is 1. The molecule has 2 atom stereocenters. The molecule has 5 N–H and O–H groups in total. The second-order valence-corrected chi connectivity index (χ2v) is 13.1. The van der Waals surface area contributed by atoms with E-state index in [0.717, 1.165) is 0 Å². The Balaban J connectivity index is 1.67. The number of rotatable bonds is 8. The third-order valence-electron chi connectivity index (χ3n) is 6.56. The predicted molar refractivity (Wildman–Crippen MR) is 147 cm³/mol. The van der Waals surface area contributed by atoms with Crippen LogP contribution in [0, 0.1) is 11.3 Å². The van der Waals surface area contributed by atoms with Gasteiger partial charge >= 0.3 is 5.97 Å². The zero-order valence-electron chi connectivity index (χ0n) is 21.4.